The Kier molecular flexibility index (Phi) is 2.54. The van der Waals surface area contributed by atoms with E-state index in [2.05, 4.69) is 0 Å². The smallest absolute Gasteiger partial charge is 0.149 e. The number of hydrogen-bond donors (Lipinski definition) is 1. The van der Waals surface area contributed by atoms with E-state index < -0.39 is 15.9 Å². The number of nitrogens with two attached hydrogens (primary N) is 1. The predicted octanol–water partition coefficient (Wildman–Crippen LogP) is 0.324. The lowest BCUT2D eigenvalue weighted by atomic mass is 10.2. The van der Waals surface area contributed by atoms with Crippen molar-refractivity contribution in [2.45, 2.75) is 6.04 Å². The van der Waals surface area contributed by atoms with Gasteiger partial charge in [-0.3, -0.25) is 0 Å². The molecule has 0 saturated heterocycles. The lowest BCUT2D eigenvalue weighted by Crippen LogP contribution is -2.20. The molecule has 5 heteroatoms. The second-order valence-electron chi connectivity index (χ2n) is 2.76. The van der Waals surface area contributed by atoms with Crippen molar-refractivity contribution < 1.29 is 12.8 Å². The molecule has 0 bridgehead atoms. The molecule has 1 aromatic heterocycles. The third-order valence-electron chi connectivity index (χ3n) is 1.45. The molecule has 0 aliphatic heterocycles. The van der Waals surface area contributed by atoms with E-state index in [0.29, 0.717) is 5.56 Å². The van der Waals surface area contributed by atoms with Crippen LogP contribution in [0.25, 0.3) is 0 Å². The Hall–Kier alpha value is -0.810. The van der Waals surface area contributed by atoms with Gasteiger partial charge in [0.2, 0.25) is 0 Å². The van der Waals surface area contributed by atoms with E-state index in [1.807, 2.05) is 0 Å². The van der Waals surface area contributed by atoms with Crippen molar-refractivity contribution in [2.24, 2.45) is 5.73 Å². The summed E-state index contributed by atoms with van der Waals surface area (Å²) < 4.78 is 26.4. The summed E-state index contributed by atoms with van der Waals surface area (Å²) in [5.74, 6) is -0.0491. The first kappa shape index (κ1) is 9.28. The maximum Gasteiger partial charge on any atom is 0.149 e. The number of hydrogen-bond acceptors (Lipinski definition) is 4. The Bertz CT molecular complexity index is 328. The second kappa shape index (κ2) is 3.28. The van der Waals surface area contributed by atoms with Crippen molar-refractivity contribution in [3.8, 4) is 0 Å². The summed E-state index contributed by atoms with van der Waals surface area (Å²) in [6, 6.07) is 1.18. The van der Waals surface area contributed by atoms with Gasteiger partial charge in [0, 0.05) is 17.9 Å². The van der Waals surface area contributed by atoms with E-state index >= 15 is 0 Å². The average Bonchev–Trinajstić information content (AvgIpc) is 2.32. The molecule has 0 aliphatic carbocycles. The molecule has 0 radical (unpaired) electrons. The fourth-order valence-corrected chi connectivity index (χ4v) is 1.75. The fourth-order valence-electron chi connectivity index (χ4n) is 0.908. The van der Waals surface area contributed by atoms with Crippen LogP contribution in [0.15, 0.2) is 23.0 Å². The Morgan fingerprint density at radius 1 is 1.67 bits per heavy atom. The Balaban J connectivity index is 2.68. The van der Waals surface area contributed by atoms with Crippen molar-refractivity contribution >= 4 is 9.84 Å². The molecule has 1 rings (SSSR count). The summed E-state index contributed by atoms with van der Waals surface area (Å²) in [6.45, 7) is 0. The minimum absolute atomic E-state index is 0.0491. The molecular formula is C7H11NO3S. The zero-order valence-electron chi connectivity index (χ0n) is 6.73. The van der Waals surface area contributed by atoms with Crippen molar-refractivity contribution in [2.75, 3.05) is 12.0 Å². The van der Waals surface area contributed by atoms with E-state index in [4.69, 9.17) is 10.2 Å². The standard InChI is InChI=1S/C7H11NO3S/c1-12(9,10)5-7(8)6-2-3-11-4-6/h2-4,7H,5,8H2,1H3/t7-/m1/s1. The van der Waals surface area contributed by atoms with Crippen LogP contribution in [-0.4, -0.2) is 20.4 Å². The lowest BCUT2D eigenvalue weighted by Gasteiger charge is -2.06. The van der Waals surface area contributed by atoms with Gasteiger partial charge in [-0.25, -0.2) is 8.42 Å². The van der Waals surface area contributed by atoms with Gasteiger partial charge in [-0.2, -0.15) is 0 Å². The van der Waals surface area contributed by atoms with Crippen molar-refractivity contribution in [3.05, 3.63) is 24.2 Å². The van der Waals surface area contributed by atoms with Crippen LogP contribution < -0.4 is 5.73 Å². The molecule has 0 unspecified atom stereocenters. The Labute approximate surface area is 71.3 Å². The molecule has 0 aromatic carbocycles. The van der Waals surface area contributed by atoms with Gasteiger partial charge in [-0.1, -0.05) is 0 Å². The number of rotatable bonds is 3. The first-order valence-corrected chi connectivity index (χ1v) is 5.50. The van der Waals surface area contributed by atoms with Gasteiger partial charge in [0.15, 0.2) is 0 Å². The van der Waals surface area contributed by atoms with Gasteiger partial charge in [0.25, 0.3) is 0 Å². The molecule has 4 nitrogen and oxygen atoms in total. The van der Waals surface area contributed by atoms with Crippen LogP contribution in [0.2, 0.25) is 0 Å². The lowest BCUT2D eigenvalue weighted by molar-refractivity contribution is 0.559. The summed E-state index contributed by atoms with van der Waals surface area (Å²) in [7, 11) is -3.02. The van der Waals surface area contributed by atoms with Gasteiger partial charge >= 0.3 is 0 Å². The Morgan fingerprint density at radius 3 is 2.75 bits per heavy atom. The molecule has 1 atom stereocenters. The fraction of sp³-hybridized carbons (Fsp3) is 0.429. The first-order chi connectivity index (χ1) is 5.49. The quantitative estimate of drug-likeness (QED) is 0.743. The summed E-state index contributed by atoms with van der Waals surface area (Å²) in [4.78, 5) is 0. The maximum absolute atomic E-state index is 10.8. The normalized spacial score (nSPS) is 14.5. The van der Waals surface area contributed by atoms with Crippen molar-refractivity contribution in [1.82, 2.24) is 0 Å². The zero-order chi connectivity index (χ0) is 9.19. The van der Waals surface area contributed by atoms with E-state index in [0.717, 1.165) is 6.26 Å². The number of sulfone groups is 1. The first-order valence-electron chi connectivity index (χ1n) is 3.44. The van der Waals surface area contributed by atoms with Crippen LogP contribution in [0.5, 0.6) is 0 Å². The van der Waals surface area contributed by atoms with Crippen LogP contribution >= 0.6 is 0 Å². The van der Waals surface area contributed by atoms with Gasteiger partial charge in [-0.05, 0) is 6.07 Å². The topological polar surface area (TPSA) is 73.3 Å². The molecule has 1 aromatic rings. The summed E-state index contributed by atoms with van der Waals surface area (Å²) in [5, 5.41) is 0. The van der Waals surface area contributed by atoms with Crippen LogP contribution in [0, 0.1) is 0 Å². The van der Waals surface area contributed by atoms with Gasteiger partial charge in [-0.15, -0.1) is 0 Å². The molecule has 0 saturated carbocycles. The third kappa shape index (κ3) is 2.67. The monoisotopic (exact) mass is 189 g/mol. The second-order valence-corrected chi connectivity index (χ2v) is 4.94. The molecule has 1 heterocycles. The molecule has 12 heavy (non-hydrogen) atoms. The average molecular weight is 189 g/mol. The van der Waals surface area contributed by atoms with E-state index in [9.17, 15) is 8.42 Å². The van der Waals surface area contributed by atoms with E-state index in [1.165, 1.54) is 12.5 Å². The van der Waals surface area contributed by atoms with Crippen LogP contribution in [0.1, 0.15) is 11.6 Å². The van der Waals surface area contributed by atoms with Crippen molar-refractivity contribution in [1.29, 1.82) is 0 Å². The largest absolute Gasteiger partial charge is 0.472 e. The van der Waals surface area contributed by atoms with Crippen LogP contribution in [-0.2, 0) is 9.84 Å². The summed E-state index contributed by atoms with van der Waals surface area (Å²) in [5.41, 5.74) is 6.30. The van der Waals surface area contributed by atoms with Gasteiger partial charge in [0.05, 0.1) is 18.3 Å². The van der Waals surface area contributed by atoms with Gasteiger partial charge < -0.3 is 10.2 Å². The minimum atomic E-state index is -3.02. The predicted molar refractivity (Wildman–Crippen MR) is 45.3 cm³/mol. The van der Waals surface area contributed by atoms with E-state index in [1.54, 1.807) is 6.07 Å². The van der Waals surface area contributed by atoms with E-state index in [-0.39, 0.29) is 5.75 Å². The van der Waals surface area contributed by atoms with Gasteiger partial charge in [0.1, 0.15) is 9.84 Å². The maximum atomic E-state index is 10.8. The van der Waals surface area contributed by atoms with Crippen LogP contribution in [0.4, 0.5) is 0 Å². The molecule has 0 spiro atoms. The minimum Gasteiger partial charge on any atom is -0.472 e. The highest BCUT2D eigenvalue weighted by atomic mass is 32.2. The Morgan fingerprint density at radius 2 is 2.33 bits per heavy atom. The van der Waals surface area contributed by atoms with Crippen LogP contribution in [0.3, 0.4) is 0 Å². The summed E-state index contributed by atoms with van der Waals surface area (Å²) >= 11 is 0. The molecule has 0 aliphatic rings. The zero-order valence-corrected chi connectivity index (χ0v) is 7.54. The molecule has 0 fully saturated rings. The number of furan rings is 1. The molecule has 68 valence electrons. The summed E-state index contributed by atoms with van der Waals surface area (Å²) in [6.07, 6.45) is 4.08. The highest BCUT2D eigenvalue weighted by molar-refractivity contribution is 7.90. The SMILES string of the molecule is CS(=O)(=O)C[C@@H](N)c1ccoc1. The highest BCUT2D eigenvalue weighted by Gasteiger charge is 2.13. The third-order valence-corrected chi connectivity index (χ3v) is 2.42. The molecule has 0 amide bonds. The highest BCUT2D eigenvalue weighted by Crippen LogP contribution is 2.11. The molecule has 2 N–H and O–H groups in total. The van der Waals surface area contributed by atoms with Crippen molar-refractivity contribution in [3.63, 3.8) is 0 Å². The molecular weight excluding hydrogens is 178 g/mol.